The quantitative estimate of drug-likeness (QED) is 0.347. The Bertz CT molecular complexity index is 1550. The molecule has 5 aromatic rings. The Morgan fingerprint density at radius 2 is 2.09 bits per heavy atom. The summed E-state index contributed by atoms with van der Waals surface area (Å²) in [6, 6.07) is 13.4. The number of aryl methyl sites for hydroxylation is 1. The molecular formula is C25H24FN7O. The number of carbonyl (C=O) groups is 1. The van der Waals surface area contributed by atoms with Crippen LogP contribution in [0.1, 0.15) is 33.9 Å². The molecule has 1 fully saturated rings. The smallest absolute Gasteiger partial charge is 0.214 e. The van der Waals surface area contributed by atoms with Crippen molar-refractivity contribution < 1.29 is 9.18 Å². The highest BCUT2D eigenvalue weighted by Gasteiger charge is 2.24. The van der Waals surface area contributed by atoms with Crippen molar-refractivity contribution in [2.75, 3.05) is 18.8 Å². The second-order valence-electron chi connectivity index (χ2n) is 8.89. The minimum Gasteiger partial charge on any atom is -0.383 e. The first-order chi connectivity index (χ1) is 16.5. The Labute approximate surface area is 194 Å². The molecule has 9 heteroatoms. The summed E-state index contributed by atoms with van der Waals surface area (Å²) in [5, 5.41) is 5.33. The molecule has 34 heavy (non-hydrogen) atoms. The molecule has 4 N–H and O–H groups in total. The van der Waals surface area contributed by atoms with Crippen molar-refractivity contribution in [3.05, 3.63) is 71.3 Å². The number of nitrogens with two attached hydrogens (primary N) is 1. The Balaban J connectivity index is 1.32. The maximum atomic E-state index is 13.6. The average molecular weight is 458 g/mol. The first-order valence-electron chi connectivity index (χ1n) is 11.3. The summed E-state index contributed by atoms with van der Waals surface area (Å²) in [4.78, 5) is 26.3. The van der Waals surface area contributed by atoms with Crippen LogP contribution in [0.15, 0.2) is 48.7 Å². The van der Waals surface area contributed by atoms with Gasteiger partial charge in [-0.2, -0.15) is 5.10 Å². The lowest BCUT2D eigenvalue weighted by Crippen LogP contribution is -2.20. The number of anilines is 1. The summed E-state index contributed by atoms with van der Waals surface area (Å²) >= 11 is 0. The molecule has 0 unspecified atom stereocenters. The molecular weight excluding hydrogens is 433 g/mol. The zero-order valence-electron chi connectivity index (χ0n) is 18.7. The number of nitrogens with one attached hydrogen (secondary N) is 2. The number of carbonyl (C=O) groups excluding carboxylic acids is 1. The number of aromatic amines is 2. The van der Waals surface area contributed by atoms with Crippen molar-refractivity contribution in [1.82, 2.24) is 29.6 Å². The number of alkyl halides is 1. The van der Waals surface area contributed by atoms with Crippen LogP contribution < -0.4 is 5.73 Å². The fraction of sp³-hybridized carbons (Fsp3) is 0.240. The fourth-order valence-corrected chi connectivity index (χ4v) is 4.79. The molecule has 1 aliphatic heterocycles. The lowest BCUT2D eigenvalue weighted by Gasteiger charge is -2.15. The van der Waals surface area contributed by atoms with Gasteiger partial charge in [0, 0.05) is 30.5 Å². The maximum absolute atomic E-state index is 13.6. The van der Waals surface area contributed by atoms with Crippen molar-refractivity contribution >= 4 is 33.5 Å². The van der Waals surface area contributed by atoms with Gasteiger partial charge >= 0.3 is 0 Å². The third kappa shape index (κ3) is 3.45. The van der Waals surface area contributed by atoms with E-state index in [0.29, 0.717) is 30.8 Å². The first-order valence-corrected chi connectivity index (χ1v) is 11.3. The molecule has 6 rings (SSSR count). The summed E-state index contributed by atoms with van der Waals surface area (Å²) < 4.78 is 15.2. The normalized spacial score (nSPS) is 16.7. The SMILES string of the molecule is Cc1nc2ccc(-n3ncc(C(=O)c4cc5c(CN6CC[C@@H](F)C6)cccc5[nH]4)c3N)cc2[nH]1. The number of aromatic nitrogens is 5. The minimum absolute atomic E-state index is 0.227. The molecule has 8 nitrogen and oxygen atoms in total. The molecule has 0 amide bonds. The van der Waals surface area contributed by atoms with Gasteiger partial charge in [0.25, 0.3) is 0 Å². The molecule has 0 bridgehead atoms. The van der Waals surface area contributed by atoms with Crippen LogP contribution in [-0.4, -0.2) is 54.7 Å². The van der Waals surface area contributed by atoms with Gasteiger partial charge in [0.2, 0.25) is 5.78 Å². The molecule has 3 aromatic heterocycles. The van der Waals surface area contributed by atoms with Gasteiger partial charge in [0.15, 0.2) is 0 Å². The Morgan fingerprint density at radius 3 is 2.91 bits per heavy atom. The van der Waals surface area contributed by atoms with E-state index in [2.05, 4.69) is 25.0 Å². The van der Waals surface area contributed by atoms with Crippen LogP contribution in [0.5, 0.6) is 0 Å². The number of ketones is 1. The van der Waals surface area contributed by atoms with Gasteiger partial charge < -0.3 is 15.7 Å². The number of hydrogen-bond donors (Lipinski definition) is 3. The van der Waals surface area contributed by atoms with E-state index in [9.17, 15) is 9.18 Å². The fourth-order valence-electron chi connectivity index (χ4n) is 4.79. The third-order valence-corrected chi connectivity index (χ3v) is 6.49. The van der Waals surface area contributed by atoms with Gasteiger partial charge in [-0.25, -0.2) is 14.1 Å². The second kappa shape index (κ2) is 7.81. The highest BCUT2D eigenvalue weighted by molar-refractivity contribution is 6.12. The Hall–Kier alpha value is -3.98. The minimum atomic E-state index is -0.764. The van der Waals surface area contributed by atoms with Gasteiger partial charge in [0.05, 0.1) is 34.2 Å². The highest BCUT2D eigenvalue weighted by atomic mass is 19.1. The zero-order chi connectivity index (χ0) is 23.4. The van der Waals surface area contributed by atoms with Gasteiger partial charge in [-0.1, -0.05) is 12.1 Å². The monoisotopic (exact) mass is 457 g/mol. The van der Waals surface area contributed by atoms with Crippen molar-refractivity contribution in [3.8, 4) is 5.69 Å². The molecule has 1 atom stereocenters. The van der Waals surface area contributed by atoms with E-state index in [-0.39, 0.29) is 11.6 Å². The lowest BCUT2D eigenvalue weighted by atomic mass is 10.1. The lowest BCUT2D eigenvalue weighted by molar-refractivity contribution is 0.103. The van der Waals surface area contributed by atoms with Crippen LogP contribution >= 0.6 is 0 Å². The third-order valence-electron chi connectivity index (χ3n) is 6.49. The predicted octanol–water partition coefficient (Wildman–Crippen LogP) is 3.90. The van der Waals surface area contributed by atoms with Crippen molar-refractivity contribution in [2.45, 2.75) is 26.1 Å². The van der Waals surface area contributed by atoms with E-state index in [1.165, 1.54) is 6.20 Å². The van der Waals surface area contributed by atoms with Crippen LogP contribution in [0, 0.1) is 6.92 Å². The number of nitrogen functional groups attached to an aromatic ring is 1. The van der Waals surface area contributed by atoms with E-state index in [0.717, 1.165) is 45.6 Å². The van der Waals surface area contributed by atoms with Crippen LogP contribution in [0.2, 0.25) is 0 Å². The molecule has 1 aliphatic rings. The number of benzene rings is 2. The van der Waals surface area contributed by atoms with Gasteiger partial charge in [-0.05, 0) is 49.2 Å². The summed E-state index contributed by atoms with van der Waals surface area (Å²) in [7, 11) is 0. The molecule has 0 aliphatic carbocycles. The van der Waals surface area contributed by atoms with E-state index in [1.807, 2.05) is 49.4 Å². The largest absolute Gasteiger partial charge is 0.383 e. The van der Waals surface area contributed by atoms with E-state index in [1.54, 1.807) is 4.68 Å². The molecule has 4 heterocycles. The first kappa shape index (κ1) is 20.6. The van der Waals surface area contributed by atoms with E-state index < -0.39 is 6.17 Å². The number of hydrogen-bond acceptors (Lipinski definition) is 5. The van der Waals surface area contributed by atoms with Gasteiger partial charge in [-0.15, -0.1) is 0 Å². The summed E-state index contributed by atoms with van der Waals surface area (Å²) in [5.41, 5.74) is 11.5. The second-order valence-corrected chi connectivity index (χ2v) is 8.89. The number of fused-ring (bicyclic) bond motifs is 2. The van der Waals surface area contributed by atoms with Crippen LogP contribution in [0.4, 0.5) is 10.2 Å². The molecule has 0 radical (unpaired) electrons. The summed E-state index contributed by atoms with van der Waals surface area (Å²) in [6.07, 6.45) is 1.31. The van der Waals surface area contributed by atoms with Gasteiger partial charge in [-0.3, -0.25) is 9.69 Å². The van der Waals surface area contributed by atoms with Crippen molar-refractivity contribution in [1.29, 1.82) is 0 Å². The number of H-pyrrole nitrogens is 2. The summed E-state index contributed by atoms with van der Waals surface area (Å²) in [5.74, 6) is 0.865. The van der Waals surface area contributed by atoms with Gasteiger partial charge in [0.1, 0.15) is 17.8 Å². The number of rotatable bonds is 5. The van der Waals surface area contributed by atoms with E-state index in [4.69, 9.17) is 5.73 Å². The molecule has 2 aromatic carbocycles. The Morgan fingerprint density at radius 1 is 1.21 bits per heavy atom. The molecule has 1 saturated heterocycles. The van der Waals surface area contributed by atoms with Crippen molar-refractivity contribution in [2.24, 2.45) is 0 Å². The zero-order valence-corrected chi connectivity index (χ0v) is 18.7. The summed E-state index contributed by atoms with van der Waals surface area (Å²) in [6.45, 7) is 3.74. The number of nitrogens with zero attached hydrogens (tertiary/aromatic N) is 4. The van der Waals surface area contributed by atoms with Crippen LogP contribution in [-0.2, 0) is 6.54 Å². The van der Waals surface area contributed by atoms with Crippen LogP contribution in [0.25, 0.3) is 27.6 Å². The highest BCUT2D eigenvalue weighted by Crippen LogP contribution is 2.27. The molecule has 0 spiro atoms. The topological polar surface area (TPSA) is 109 Å². The van der Waals surface area contributed by atoms with E-state index >= 15 is 0 Å². The van der Waals surface area contributed by atoms with Crippen molar-refractivity contribution in [3.63, 3.8) is 0 Å². The average Bonchev–Trinajstić information content (AvgIpc) is 3.58. The molecule has 0 saturated carbocycles. The predicted molar refractivity (Wildman–Crippen MR) is 129 cm³/mol. The molecule has 172 valence electrons. The van der Waals surface area contributed by atoms with Crippen LogP contribution in [0.3, 0.4) is 0 Å². The number of halogens is 1. The maximum Gasteiger partial charge on any atom is 0.214 e. The number of likely N-dealkylation sites (tertiary alicyclic amines) is 1. The number of imidazole rings is 1. The standard InChI is InChI=1S/C25H24FN7O/c1-14-29-21-6-5-17(9-22(21)30-14)33-25(27)19(11-28-33)24(34)23-10-18-15(3-2-4-20(18)31-23)12-32-8-7-16(26)13-32/h2-6,9-11,16,31H,7-8,12-13,27H2,1H3,(H,29,30)/t16-/m1/s1. The Kier molecular flexibility index (Phi) is 4.73.